The largest absolute Gasteiger partial charge is 0.342 e. The Morgan fingerprint density at radius 1 is 0.800 bits per heavy atom. The number of rotatable bonds is 5. The number of nitrogens with zero attached hydrogens (tertiary/aromatic N) is 3. The highest BCUT2D eigenvalue weighted by Crippen LogP contribution is 2.60. The maximum atomic E-state index is 13.4. The Kier molecular flexibility index (Phi) is 5.89. The Hall–Kier alpha value is -2.37. The van der Waals surface area contributed by atoms with E-state index in [1.165, 1.54) is 5.56 Å². The zero-order valence-electron chi connectivity index (χ0n) is 20.3. The van der Waals surface area contributed by atoms with Crippen molar-refractivity contribution in [2.45, 2.75) is 44.1 Å². The lowest BCUT2D eigenvalue weighted by atomic mass is 9.88. The van der Waals surface area contributed by atoms with Crippen molar-refractivity contribution in [2.24, 2.45) is 11.3 Å². The number of benzene rings is 2. The molecule has 2 aliphatic heterocycles. The minimum absolute atomic E-state index is 0.131. The molecular formula is C29H34ClN3O2. The maximum absolute atomic E-state index is 13.4. The lowest BCUT2D eigenvalue weighted by Gasteiger charge is -2.37. The van der Waals surface area contributed by atoms with Gasteiger partial charge in [-0.25, -0.2) is 0 Å². The molecule has 2 aromatic carbocycles. The van der Waals surface area contributed by atoms with Crippen LogP contribution in [0.15, 0.2) is 54.6 Å². The molecule has 2 saturated carbocycles. The van der Waals surface area contributed by atoms with E-state index in [4.69, 9.17) is 11.6 Å². The van der Waals surface area contributed by atoms with Crippen LogP contribution in [0, 0.1) is 11.3 Å². The van der Waals surface area contributed by atoms with E-state index in [9.17, 15) is 9.59 Å². The SMILES string of the molecule is O=C([C@H]1CC12CCN(C(=O)C1(c3ccc(Cl)cc3)CC1)CC2)N1CCN(Cc2ccccc2)CC1. The Morgan fingerprint density at radius 2 is 1.46 bits per heavy atom. The third kappa shape index (κ3) is 4.38. The molecule has 0 N–H and O–H groups in total. The average molecular weight is 492 g/mol. The summed E-state index contributed by atoms with van der Waals surface area (Å²) < 4.78 is 0. The summed E-state index contributed by atoms with van der Waals surface area (Å²) in [7, 11) is 0. The molecule has 2 aliphatic carbocycles. The molecule has 4 aliphatic rings. The normalized spacial score (nSPS) is 24.9. The van der Waals surface area contributed by atoms with Crippen molar-refractivity contribution in [1.29, 1.82) is 0 Å². The molecule has 1 spiro atoms. The average Bonchev–Trinajstić information content (AvgIpc) is 3.82. The van der Waals surface area contributed by atoms with Gasteiger partial charge in [-0.05, 0) is 60.8 Å². The minimum Gasteiger partial charge on any atom is -0.342 e. The van der Waals surface area contributed by atoms with Gasteiger partial charge in [-0.2, -0.15) is 0 Å². The summed E-state index contributed by atoms with van der Waals surface area (Å²) in [5.74, 6) is 0.781. The van der Waals surface area contributed by atoms with Gasteiger partial charge >= 0.3 is 0 Å². The van der Waals surface area contributed by atoms with Gasteiger partial charge in [0.1, 0.15) is 0 Å². The first-order valence-corrected chi connectivity index (χ1v) is 13.5. The van der Waals surface area contributed by atoms with Crippen molar-refractivity contribution in [1.82, 2.24) is 14.7 Å². The number of piperidine rings is 1. The van der Waals surface area contributed by atoms with Crippen LogP contribution in [-0.2, 0) is 21.5 Å². The second kappa shape index (κ2) is 8.94. The number of hydrogen-bond donors (Lipinski definition) is 0. The van der Waals surface area contributed by atoms with Crippen LogP contribution in [0.2, 0.25) is 5.02 Å². The zero-order chi connectivity index (χ0) is 24.0. The summed E-state index contributed by atoms with van der Waals surface area (Å²) in [6, 6.07) is 18.4. The summed E-state index contributed by atoms with van der Waals surface area (Å²) in [5.41, 5.74) is 2.22. The maximum Gasteiger partial charge on any atom is 0.233 e. The molecule has 6 rings (SSSR count). The highest BCUT2D eigenvalue weighted by atomic mass is 35.5. The van der Waals surface area contributed by atoms with E-state index in [0.717, 1.165) is 83.5 Å². The number of hydrogen-bond acceptors (Lipinski definition) is 3. The van der Waals surface area contributed by atoms with Gasteiger partial charge in [-0.1, -0.05) is 54.1 Å². The van der Waals surface area contributed by atoms with E-state index >= 15 is 0 Å². The van der Waals surface area contributed by atoms with Crippen LogP contribution in [-0.4, -0.2) is 65.8 Å². The van der Waals surface area contributed by atoms with Crippen molar-refractivity contribution in [3.05, 3.63) is 70.7 Å². The summed E-state index contributed by atoms with van der Waals surface area (Å²) in [6.45, 7) is 6.05. The number of amides is 2. The Bertz CT molecular complexity index is 1080. The van der Waals surface area contributed by atoms with Gasteiger partial charge in [0.05, 0.1) is 5.41 Å². The van der Waals surface area contributed by atoms with Crippen LogP contribution in [0.3, 0.4) is 0 Å². The lowest BCUT2D eigenvalue weighted by molar-refractivity contribution is -0.137. The minimum atomic E-state index is -0.340. The van der Waals surface area contributed by atoms with Crippen molar-refractivity contribution < 1.29 is 9.59 Å². The van der Waals surface area contributed by atoms with Gasteiger partial charge in [0, 0.05) is 56.8 Å². The van der Waals surface area contributed by atoms with Crippen LogP contribution in [0.1, 0.15) is 43.2 Å². The number of piperazine rings is 1. The topological polar surface area (TPSA) is 43.9 Å². The molecular weight excluding hydrogens is 458 g/mol. The second-order valence-corrected chi connectivity index (χ2v) is 11.5. The monoisotopic (exact) mass is 491 g/mol. The Morgan fingerprint density at radius 3 is 2.09 bits per heavy atom. The van der Waals surface area contributed by atoms with E-state index < -0.39 is 0 Å². The lowest BCUT2D eigenvalue weighted by Crippen LogP contribution is -2.49. The summed E-state index contributed by atoms with van der Waals surface area (Å²) in [6.07, 6.45) is 4.76. The highest BCUT2D eigenvalue weighted by molar-refractivity contribution is 6.30. The predicted molar refractivity (Wildman–Crippen MR) is 137 cm³/mol. The van der Waals surface area contributed by atoms with Crippen molar-refractivity contribution >= 4 is 23.4 Å². The molecule has 6 heteroatoms. The van der Waals surface area contributed by atoms with Gasteiger partial charge in [-0.15, -0.1) is 0 Å². The second-order valence-electron chi connectivity index (χ2n) is 11.1. The molecule has 2 amide bonds. The first-order chi connectivity index (χ1) is 17.0. The van der Waals surface area contributed by atoms with Crippen LogP contribution >= 0.6 is 11.6 Å². The molecule has 4 fully saturated rings. The number of carbonyl (C=O) groups excluding carboxylic acids is 2. The first kappa shape index (κ1) is 23.1. The van der Waals surface area contributed by atoms with Gasteiger partial charge in [0.15, 0.2) is 0 Å². The van der Waals surface area contributed by atoms with Gasteiger partial charge in [0.25, 0.3) is 0 Å². The molecule has 35 heavy (non-hydrogen) atoms. The molecule has 2 heterocycles. The quantitative estimate of drug-likeness (QED) is 0.624. The zero-order valence-corrected chi connectivity index (χ0v) is 21.1. The van der Waals surface area contributed by atoms with E-state index in [-0.39, 0.29) is 22.7 Å². The molecule has 1 atom stereocenters. The van der Waals surface area contributed by atoms with Crippen LogP contribution in [0.5, 0.6) is 0 Å². The molecule has 0 aromatic heterocycles. The molecule has 0 bridgehead atoms. The fraction of sp³-hybridized carbons (Fsp3) is 0.517. The highest BCUT2D eigenvalue weighted by Gasteiger charge is 2.61. The molecule has 0 unspecified atom stereocenters. The van der Waals surface area contributed by atoms with E-state index in [0.29, 0.717) is 10.9 Å². The predicted octanol–water partition coefficient (Wildman–Crippen LogP) is 4.34. The van der Waals surface area contributed by atoms with Crippen molar-refractivity contribution in [3.8, 4) is 0 Å². The molecule has 0 radical (unpaired) electrons. The van der Waals surface area contributed by atoms with Gasteiger partial charge < -0.3 is 9.80 Å². The third-order valence-corrected chi connectivity index (χ3v) is 9.28. The Labute approximate surface area is 213 Å². The fourth-order valence-corrected chi connectivity index (χ4v) is 6.54. The number of carbonyl (C=O) groups is 2. The van der Waals surface area contributed by atoms with E-state index in [1.54, 1.807) is 0 Å². The molecule has 184 valence electrons. The van der Waals surface area contributed by atoms with Crippen molar-refractivity contribution in [3.63, 3.8) is 0 Å². The van der Waals surface area contributed by atoms with Gasteiger partial charge in [-0.3, -0.25) is 14.5 Å². The van der Waals surface area contributed by atoms with Crippen LogP contribution < -0.4 is 0 Å². The fourth-order valence-electron chi connectivity index (χ4n) is 6.42. The molecule has 2 saturated heterocycles. The van der Waals surface area contributed by atoms with E-state index in [1.807, 2.05) is 24.3 Å². The van der Waals surface area contributed by atoms with Crippen LogP contribution in [0.25, 0.3) is 0 Å². The van der Waals surface area contributed by atoms with Crippen molar-refractivity contribution in [2.75, 3.05) is 39.3 Å². The van der Waals surface area contributed by atoms with Gasteiger partial charge in [0.2, 0.25) is 11.8 Å². The smallest absolute Gasteiger partial charge is 0.233 e. The van der Waals surface area contributed by atoms with Crippen LogP contribution in [0.4, 0.5) is 0 Å². The first-order valence-electron chi connectivity index (χ1n) is 13.1. The number of likely N-dealkylation sites (tertiary alicyclic amines) is 1. The number of halogens is 1. The summed E-state index contributed by atoms with van der Waals surface area (Å²) in [5, 5.41) is 0.707. The molecule has 5 nitrogen and oxygen atoms in total. The third-order valence-electron chi connectivity index (χ3n) is 9.02. The summed E-state index contributed by atoms with van der Waals surface area (Å²) >= 11 is 6.06. The summed E-state index contributed by atoms with van der Waals surface area (Å²) in [4.78, 5) is 33.4. The molecule has 2 aromatic rings. The standard InChI is InChI=1S/C29H34ClN3O2/c30-24-8-6-23(7-9-24)29(10-11-29)27(35)33-14-12-28(13-15-33)20-25(28)26(34)32-18-16-31(17-19-32)21-22-4-2-1-3-5-22/h1-9,25H,10-21H2/t25-/m1/s1. The van der Waals surface area contributed by atoms with E-state index in [2.05, 4.69) is 45.0 Å². The Balaban J connectivity index is 1.000.